The van der Waals surface area contributed by atoms with E-state index in [9.17, 15) is 19.5 Å². The Balaban J connectivity index is 1.53. The Kier molecular flexibility index (Phi) is 9.50. The molecule has 0 radical (unpaired) electrons. The predicted octanol–water partition coefficient (Wildman–Crippen LogP) is 2.18. The van der Waals surface area contributed by atoms with Gasteiger partial charge in [-0.05, 0) is 30.9 Å². The minimum Gasteiger partial charge on any atom is -0.479 e. The number of hydrogen-bond donors (Lipinski definition) is 1. The monoisotopic (exact) mass is 478 g/mol. The van der Waals surface area contributed by atoms with Gasteiger partial charge < -0.3 is 33.2 Å². The van der Waals surface area contributed by atoms with Crippen LogP contribution in [0.5, 0.6) is 0 Å². The Morgan fingerprint density at radius 2 is 1.79 bits per heavy atom. The number of aromatic nitrogens is 2. The topological polar surface area (TPSA) is 157 Å². The van der Waals surface area contributed by atoms with E-state index in [1.165, 1.54) is 25.6 Å². The van der Waals surface area contributed by atoms with E-state index in [1.54, 1.807) is 12.1 Å². The minimum absolute atomic E-state index is 0.000330. The van der Waals surface area contributed by atoms with Gasteiger partial charge in [0.25, 0.3) is 0 Å². The standard InChI is InChI=1S/C22H26N2O10/c1-29-17(14-6-2-3-7-14)21(27)33-13-32-19(16-10-23-11-30-16)22(28)34-12-31-18(20(25)26)15-8-4-5-9-24-15/h4-5,8-11,14,17-19H,2-3,6-7,12-13H2,1H3,(H,25,26)/t17-,18-,19-/m0/s1. The third-order valence-corrected chi connectivity index (χ3v) is 5.29. The molecule has 2 heterocycles. The smallest absolute Gasteiger partial charge is 0.345 e. The van der Waals surface area contributed by atoms with Gasteiger partial charge in [0.05, 0.1) is 11.9 Å². The van der Waals surface area contributed by atoms with E-state index in [0.717, 1.165) is 32.1 Å². The molecular weight excluding hydrogens is 452 g/mol. The summed E-state index contributed by atoms with van der Waals surface area (Å²) in [7, 11) is 1.44. The quantitative estimate of drug-likeness (QED) is 0.331. The van der Waals surface area contributed by atoms with Gasteiger partial charge in [-0.2, -0.15) is 0 Å². The average Bonchev–Trinajstić information content (AvgIpc) is 3.55. The fraction of sp³-hybridized carbons (Fsp3) is 0.500. The van der Waals surface area contributed by atoms with Crippen LogP contribution in [0.1, 0.15) is 49.3 Å². The Bertz CT molecular complexity index is 915. The fourth-order valence-corrected chi connectivity index (χ4v) is 3.66. The lowest BCUT2D eigenvalue weighted by atomic mass is 10.0. The summed E-state index contributed by atoms with van der Waals surface area (Å²) in [6.07, 6.45) is 3.95. The highest BCUT2D eigenvalue weighted by Crippen LogP contribution is 2.29. The van der Waals surface area contributed by atoms with Gasteiger partial charge in [-0.25, -0.2) is 19.4 Å². The number of pyridine rings is 1. The second-order valence-electron chi connectivity index (χ2n) is 7.45. The summed E-state index contributed by atoms with van der Waals surface area (Å²) in [5, 5.41) is 9.35. The molecule has 1 fully saturated rings. The number of hydrogen-bond acceptors (Lipinski definition) is 11. The summed E-state index contributed by atoms with van der Waals surface area (Å²) in [6.45, 7) is -1.27. The van der Waals surface area contributed by atoms with Crippen LogP contribution in [-0.4, -0.2) is 59.8 Å². The van der Waals surface area contributed by atoms with Gasteiger partial charge in [-0.1, -0.05) is 18.9 Å². The molecule has 3 atom stereocenters. The van der Waals surface area contributed by atoms with Crippen molar-refractivity contribution in [3.63, 3.8) is 0 Å². The maximum Gasteiger partial charge on any atom is 0.345 e. The van der Waals surface area contributed by atoms with E-state index in [0.29, 0.717) is 0 Å². The van der Waals surface area contributed by atoms with Crippen LogP contribution >= 0.6 is 0 Å². The molecular formula is C22H26N2O10. The largest absolute Gasteiger partial charge is 0.479 e. The van der Waals surface area contributed by atoms with Crippen molar-refractivity contribution in [2.45, 2.75) is 44.0 Å². The number of carboxylic acid groups (broad SMARTS) is 1. The molecule has 0 saturated heterocycles. The molecule has 3 rings (SSSR count). The zero-order chi connectivity index (χ0) is 24.3. The molecule has 0 unspecified atom stereocenters. The van der Waals surface area contributed by atoms with E-state index in [4.69, 9.17) is 28.1 Å². The molecule has 34 heavy (non-hydrogen) atoms. The van der Waals surface area contributed by atoms with Crippen molar-refractivity contribution < 1.29 is 47.6 Å². The molecule has 0 aromatic carbocycles. The van der Waals surface area contributed by atoms with Crippen LogP contribution in [0.4, 0.5) is 0 Å². The molecule has 0 amide bonds. The first-order valence-corrected chi connectivity index (χ1v) is 10.6. The lowest BCUT2D eigenvalue weighted by Crippen LogP contribution is -2.33. The first-order chi connectivity index (χ1) is 16.5. The van der Waals surface area contributed by atoms with Gasteiger partial charge in [-0.15, -0.1) is 0 Å². The third-order valence-electron chi connectivity index (χ3n) is 5.29. The number of nitrogens with zero attached hydrogens (tertiary/aromatic N) is 2. The number of esters is 2. The minimum atomic E-state index is -1.44. The normalized spacial score (nSPS) is 16.5. The number of carboxylic acids is 1. The third kappa shape index (κ3) is 6.83. The average molecular weight is 478 g/mol. The van der Waals surface area contributed by atoms with Crippen LogP contribution in [0, 0.1) is 5.92 Å². The van der Waals surface area contributed by atoms with Crippen LogP contribution in [-0.2, 0) is 38.1 Å². The highest BCUT2D eigenvalue weighted by Gasteiger charge is 2.33. The zero-order valence-corrected chi connectivity index (χ0v) is 18.5. The first-order valence-electron chi connectivity index (χ1n) is 10.6. The summed E-state index contributed by atoms with van der Waals surface area (Å²) < 4.78 is 31.1. The number of aliphatic carboxylic acids is 1. The zero-order valence-electron chi connectivity index (χ0n) is 18.5. The van der Waals surface area contributed by atoms with Crippen molar-refractivity contribution in [3.8, 4) is 0 Å². The van der Waals surface area contributed by atoms with Crippen LogP contribution in [0.15, 0.2) is 41.4 Å². The van der Waals surface area contributed by atoms with Gasteiger partial charge in [0, 0.05) is 13.3 Å². The Hall–Kier alpha value is -3.35. The highest BCUT2D eigenvalue weighted by atomic mass is 16.7. The summed E-state index contributed by atoms with van der Waals surface area (Å²) in [5.41, 5.74) is 0.135. The van der Waals surface area contributed by atoms with Crippen molar-refractivity contribution in [3.05, 3.63) is 48.4 Å². The molecule has 0 bridgehead atoms. The lowest BCUT2D eigenvalue weighted by Gasteiger charge is -2.21. The number of carbonyl (C=O) groups excluding carboxylic acids is 2. The number of carbonyl (C=O) groups is 3. The number of rotatable bonds is 13. The molecule has 1 aliphatic carbocycles. The van der Waals surface area contributed by atoms with Gasteiger partial charge in [0.15, 0.2) is 37.9 Å². The van der Waals surface area contributed by atoms with Crippen LogP contribution in [0.2, 0.25) is 0 Å². The van der Waals surface area contributed by atoms with E-state index < -0.39 is 49.8 Å². The predicted molar refractivity (Wildman–Crippen MR) is 111 cm³/mol. The second kappa shape index (κ2) is 12.8. The van der Waals surface area contributed by atoms with Crippen LogP contribution < -0.4 is 0 Å². The molecule has 2 aromatic heterocycles. The lowest BCUT2D eigenvalue weighted by molar-refractivity contribution is -0.194. The molecule has 2 aromatic rings. The van der Waals surface area contributed by atoms with Crippen molar-refractivity contribution >= 4 is 17.9 Å². The molecule has 0 spiro atoms. The van der Waals surface area contributed by atoms with Gasteiger partial charge in [0.1, 0.15) is 0 Å². The second-order valence-corrected chi connectivity index (χ2v) is 7.45. The Labute approximate surface area is 195 Å². The fourth-order valence-electron chi connectivity index (χ4n) is 3.66. The summed E-state index contributed by atoms with van der Waals surface area (Å²) >= 11 is 0. The molecule has 0 aliphatic heterocycles. The summed E-state index contributed by atoms with van der Waals surface area (Å²) in [4.78, 5) is 44.1. The maximum absolute atomic E-state index is 12.6. The Morgan fingerprint density at radius 1 is 1.09 bits per heavy atom. The number of ether oxygens (including phenoxy) is 5. The van der Waals surface area contributed by atoms with Crippen LogP contribution in [0.25, 0.3) is 0 Å². The van der Waals surface area contributed by atoms with Gasteiger partial charge in [0.2, 0.25) is 6.10 Å². The highest BCUT2D eigenvalue weighted by molar-refractivity contribution is 5.76. The van der Waals surface area contributed by atoms with Crippen LogP contribution in [0.3, 0.4) is 0 Å². The summed E-state index contributed by atoms with van der Waals surface area (Å²) in [5.74, 6) is -2.79. The van der Waals surface area contributed by atoms with Crippen molar-refractivity contribution in [1.29, 1.82) is 0 Å². The van der Waals surface area contributed by atoms with Gasteiger partial charge in [-0.3, -0.25) is 4.98 Å². The Morgan fingerprint density at radius 3 is 2.38 bits per heavy atom. The van der Waals surface area contributed by atoms with Crippen molar-refractivity contribution in [1.82, 2.24) is 9.97 Å². The van der Waals surface area contributed by atoms with Gasteiger partial charge >= 0.3 is 17.9 Å². The molecule has 12 heteroatoms. The molecule has 1 aliphatic rings. The first kappa shape index (κ1) is 25.3. The number of methoxy groups -OCH3 is 1. The number of oxazole rings is 1. The molecule has 1 N–H and O–H groups in total. The maximum atomic E-state index is 12.6. The van der Waals surface area contributed by atoms with Crippen molar-refractivity contribution in [2.75, 3.05) is 20.7 Å². The summed E-state index contributed by atoms with van der Waals surface area (Å²) in [6, 6.07) is 4.69. The van der Waals surface area contributed by atoms with E-state index in [-0.39, 0.29) is 17.4 Å². The van der Waals surface area contributed by atoms with Crippen molar-refractivity contribution in [2.24, 2.45) is 5.92 Å². The SMILES string of the molecule is CO[C@H](C(=O)OCO[C@H](C(=O)OCO[C@H](C(=O)O)c1ccccn1)c1cnco1)C1CCCC1. The van der Waals surface area contributed by atoms with E-state index in [2.05, 4.69) is 9.97 Å². The molecule has 1 saturated carbocycles. The molecule has 12 nitrogen and oxygen atoms in total. The van der Waals surface area contributed by atoms with E-state index >= 15 is 0 Å². The molecule has 184 valence electrons. The van der Waals surface area contributed by atoms with E-state index in [1.807, 2.05) is 0 Å².